The summed E-state index contributed by atoms with van der Waals surface area (Å²) in [6, 6.07) is 0. The average Bonchev–Trinajstić information content (AvgIpc) is 2.17. The van der Waals surface area contributed by atoms with E-state index in [9.17, 15) is 9.59 Å². The van der Waals surface area contributed by atoms with Crippen LogP contribution >= 0.6 is 0 Å². The van der Waals surface area contributed by atoms with E-state index in [1.807, 2.05) is 13.0 Å². The van der Waals surface area contributed by atoms with Crippen molar-refractivity contribution in [3.8, 4) is 0 Å². The Balaban J connectivity index is 3.05. The summed E-state index contributed by atoms with van der Waals surface area (Å²) >= 11 is 0. The summed E-state index contributed by atoms with van der Waals surface area (Å²) in [5.74, 6) is -1.15. The van der Waals surface area contributed by atoms with E-state index < -0.39 is 11.4 Å². The molecule has 0 spiro atoms. The summed E-state index contributed by atoms with van der Waals surface area (Å²) < 4.78 is 0. The normalized spacial score (nSPS) is 25.8. The third kappa shape index (κ3) is 1.59. The zero-order valence-corrected chi connectivity index (χ0v) is 7.23. The molecule has 0 aromatic rings. The minimum absolute atomic E-state index is 0.425. The highest BCUT2D eigenvalue weighted by Gasteiger charge is 2.33. The van der Waals surface area contributed by atoms with Gasteiger partial charge in [0.05, 0.1) is 0 Å². The topological polar surface area (TPSA) is 54.4 Å². The Kier molecular flexibility index (Phi) is 2.46. The minimum Gasteiger partial charge on any atom is -0.480 e. The van der Waals surface area contributed by atoms with Gasteiger partial charge in [-0.1, -0.05) is 30.4 Å². The van der Waals surface area contributed by atoms with Crippen molar-refractivity contribution >= 4 is 12.3 Å². The second-order valence-corrected chi connectivity index (χ2v) is 2.81. The summed E-state index contributed by atoms with van der Waals surface area (Å²) in [4.78, 5) is 21.4. The van der Waals surface area contributed by atoms with Crippen molar-refractivity contribution < 1.29 is 14.7 Å². The fourth-order valence-corrected chi connectivity index (χ4v) is 1.04. The molecular formula is C10H10O3. The maximum atomic E-state index is 10.7. The van der Waals surface area contributed by atoms with E-state index in [0.29, 0.717) is 6.29 Å². The standard InChI is InChI=1S/C10H10O3/c1-2-8-3-5-10(7-11,6-4-8)9(12)13/h2-7H,1H3,(H,12,13). The smallest absolute Gasteiger partial charge is 0.324 e. The maximum Gasteiger partial charge on any atom is 0.324 e. The summed E-state index contributed by atoms with van der Waals surface area (Å²) in [5.41, 5.74) is -0.564. The molecule has 1 N–H and O–H groups in total. The SMILES string of the molecule is CC=C1C=CC(C=O)(C(=O)O)C=C1. The first kappa shape index (κ1) is 9.45. The molecule has 3 nitrogen and oxygen atoms in total. The van der Waals surface area contributed by atoms with Gasteiger partial charge in [0.15, 0.2) is 5.41 Å². The molecule has 0 saturated heterocycles. The lowest BCUT2D eigenvalue weighted by Gasteiger charge is -2.17. The zero-order chi connectivity index (χ0) is 9.90. The van der Waals surface area contributed by atoms with Crippen LogP contribution in [0.3, 0.4) is 0 Å². The van der Waals surface area contributed by atoms with Crippen LogP contribution in [0, 0.1) is 5.41 Å². The number of carbonyl (C=O) groups excluding carboxylic acids is 1. The third-order valence-electron chi connectivity index (χ3n) is 2.00. The molecule has 0 radical (unpaired) electrons. The number of allylic oxidation sites excluding steroid dienone is 4. The highest BCUT2D eigenvalue weighted by atomic mass is 16.4. The molecule has 0 unspecified atom stereocenters. The van der Waals surface area contributed by atoms with Crippen LogP contribution in [0.15, 0.2) is 36.0 Å². The first-order valence-corrected chi connectivity index (χ1v) is 3.89. The number of rotatable bonds is 2. The number of carboxylic acid groups (broad SMARTS) is 1. The van der Waals surface area contributed by atoms with E-state index in [-0.39, 0.29) is 0 Å². The van der Waals surface area contributed by atoms with Crippen molar-refractivity contribution in [2.75, 3.05) is 0 Å². The van der Waals surface area contributed by atoms with Crippen molar-refractivity contribution in [2.45, 2.75) is 6.92 Å². The first-order valence-electron chi connectivity index (χ1n) is 3.89. The molecule has 1 rings (SSSR count). The van der Waals surface area contributed by atoms with Crippen molar-refractivity contribution in [3.63, 3.8) is 0 Å². The van der Waals surface area contributed by atoms with Crippen LogP contribution in [0.2, 0.25) is 0 Å². The maximum absolute atomic E-state index is 10.7. The molecule has 1 aliphatic rings. The predicted molar refractivity (Wildman–Crippen MR) is 48.2 cm³/mol. The molecule has 0 aromatic carbocycles. The predicted octanol–water partition coefficient (Wildman–Crippen LogP) is 1.33. The second kappa shape index (κ2) is 3.39. The average molecular weight is 178 g/mol. The van der Waals surface area contributed by atoms with Crippen LogP contribution in [0.1, 0.15) is 6.92 Å². The molecule has 68 valence electrons. The Morgan fingerprint density at radius 3 is 2.31 bits per heavy atom. The fraction of sp³-hybridized carbons (Fsp3) is 0.200. The Bertz CT molecular complexity index is 305. The van der Waals surface area contributed by atoms with Gasteiger partial charge in [0.1, 0.15) is 6.29 Å². The molecule has 0 aromatic heterocycles. The second-order valence-electron chi connectivity index (χ2n) is 2.81. The van der Waals surface area contributed by atoms with E-state index in [1.165, 1.54) is 12.2 Å². The molecule has 0 heterocycles. The van der Waals surface area contributed by atoms with E-state index in [0.717, 1.165) is 5.57 Å². The van der Waals surface area contributed by atoms with Gasteiger partial charge in [0, 0.05) is 0 Å². The van der Waals surface area contributed by atoms with Crippen LogP contribution in [0.4, 0.5) is 0 Å². The molecule has 1 aliphatic carbocycles. The lowest BCUT2D eigenvalue weighted by molar-refractivity contribution is -0.145. The molecular weight excluding hydrogens is 168 g/mol. The van der Waals surface area contributed by atoms with E-state index in [2.05, 4.69) is 0 Å². The van der Waals surface area contributed by atoms with Gasteiger partial charge in [-0.25, -0.2) is 0 Å². The van der Waals surface area contributed by atoms with Crippen LogP contribution in [0.5, 0.6) is 0 Å². The molecule has 0 fully saturated rings. The van der Waals surface area contributed by atoms with Gasteiger partial charge >= 0.3 is 5.97 Å². The number of aldehydes is 1. The van der Waals surface area contributed by atoms with Crippen LogP contribution in [-0.2, 0) is 9.59 Å². The Hall–Kier alpha value is -1.64. The third-order valence-corrected chi connectivity index (χ3v) is 2.00. The zero-order valence-electron chi connectivity index (χ0n) is 7.23. The largest absolute Gasteiger partial charge is 0.480 e. The van der Waals surface area contributed by atoms with Gasteiger partial charge in [0.25, 0.3) is 0 Å². The molecule has 0 aliphatic heterocycles. The summed E-state index contributed by atoms with van der Waals surface area (Å²) in [6.45, 7) is 1.85. The number of carboxylic acids is 1. The van der Waals surface area contributed by atoms with Crippen molar-refractivity contribution in [2.24, 2.45) is 5.41 Å². The molecule has 0 amide bonds. The molecule has 3 heteroatoms. The van der Waals surface area contributed by atoms with Crippen molar-refractivity contribution in [1.82, 2.24) is 0 Å². The number of carbonyl (C=O) groups is 2. The number of aliphatic carboxylic acids is 1. The lowest BCUT2D eigenvalue weighted by atomic mass is 9.85. The minimum atomic E-state index is -1.47. The van der Waals surface area contributed by atoms with Crippen LogP contribution in [-0.4, -0.2) is 17.4 Å². The van der Waals surface area contributed by atoms with Crippen molar-refractivity contribution in [3.05, 3.63) is 36.0 Å². The van der Waals surface area contributed by atoms with E-state index in [4.69, 9.17) is 5.11 Å². The van der Waals surface area contributed by atoms with Crippen LogP contribution < -0.4 is 0 Å². The molecule has 0 saturated carbocycles. The quantitative estimate of drug-likeness (QED) is 0.512. The van der Waals surface area contributed by atoms with Gasteiger partial charge in [-0.05, 0) is 12.5 Å². The van der Waals surface area contributed by atoms with Gasteiger partial charge in [0.2, 0.25) is 0 Å². The summed E-state index contributed by atoms with van der Waals surface area (Å²) in [6.07, 6.45) is 8.29. The highest BCUT2D eigenvalue weighted by molar-refractivity contribution is 5.97. The van der Waals surface area contributed by atoms with E-state index >= 15 is 0 Å². The summed E-state index contributed by atoms with van der Waals surface area (Å²) in [7, 11) is 0. The van der Waals surface area contributed by atoms with Gasteiger partial charge < -0.3 is 9.90 Å². The number of hydrogen-bond acceptors (Lipinski definition) is 2. The van der Waals surface area contributed by atoms with Gasteiger partial charge in [-0.15, -0.1) is 0 Å². The fourth-order valence-electron chi connectivity index (χ4n) is 1.04. The Morgan fingerprint density at radius 2 is 2.00 bits per heavy atom. The highest BCUT2D eigenvalue weighted by Crippen LogP contribution is 2.24. The molecule has 0 bridgehead atoms. The summed E-state index contributed by atoms with van der Waals surface area (Å²) in [5, 5.41) is 8.79. The van der Waals surface area contributed by atoms with Gasteiger partial charge in [-0.2, -0.15) is 0 Å². The first-order chi connectivity index (χ1) is 6.14. The lowest BCUT2D eigenvalue weighted by Crippen LogP contribution is -2.29. The monoisotopic (exact) mass is 178 g/mol. The van der Waals surface area contributed by atoms with Crippen molar-refractivity contribution in [1.29, 1.82) is 0 Å². The molecule has 13 heavy (non-hydrogen) atoms. The van der Waals surface area contributed by atoms with Crippen LogP contribution in [0.25, 0.3) is 0 Å². The number of hydrogen-bond donors (Lipinski definition) is 1. The van der Waals surface area contributed by atoms with Gasteiger partial charge in [-0.3, -0.25) is 4.79 Å². The Morgan fingerprint density at radius 1 is 1.46 bits per heavy atom. The molecule has 0 atom stereocenters. The van der Waals surface area contributed by atoms with E-state index in [1.54, 1.807) is 12.2 Å². The Labute approximate surface area is 76.1 Å².